The van der Waals surface area contributed by atoms with E-state index >= 15 is 0 Å². The smallest absolute Gasteiger partial charge is 0.338 e. The van der Waals surface area contributed by atoms with Gasteiger partial charge >= 0.3 is 5.97 Å². The van der Waals surface area contributed by atoms with Gasteiger partial charge in [-0.2, -0.15) is 0 Å². The van der Waals surface area contributed by atoms with E-state index in [1.165, 1.54) is 25.3 Å². The highest BCUT2D eigenvalue weighted by molar-refractivity contribution is 7.13. The van der Waals surface area contributed by atoms with Gasteiger partial charge in [0.2, 0.25) is 0 Å². The van der Waals surface area contributed by atoms with Gasteiger partial charge in [0.15, 0.2) is 5.13 Å². The van der Waals surface area contributed by atoms with Crippen LogP contribution in [0.4, 0.5) is 15.2 Å². The number of hydrogen-bond donors (Lipinski definition) is 2. The predicted molar refractivity (Wildman–Crippen MR) is 118 cm³/mol. The molecule has 0 saturated carbocycles. The summed E-state index contributed by atoms with van der Waals surface area (Å²) in [6.45, 7) is 4.41. The van der Waals surface area contributed by atoms with Crippen molar-refractivity contribution in [3.63, 3.8) is 0 Å². The van der Waals surface area contributed by atoms with Crippen LogP contribution in [-0.4, -0.2) is 39.6 Å². The fourth-order valence-electron chi connectivity index (χ4n) is 3.71. The molecule has 1 amide bonds. The van der Waals surface area contributed by atoms with Gasteiger partial charge in [-0.05, 0) is 56.0 Å². The summed E-state index contributed by atoms with van der Waals surface area (Å²) in [6, 6.07) is 5.27. The molecular formula is C22H23FN4O3S. The van der Waals surface area contributed by atoms with Crippen molar-refractivity contribution in [1.29, 1.82) is 0 Å². The quantitative estimate of drug-likeness (QED) is 0.592. The molecule has 31 heavy (non-hydrogen) atoms. The van der Waals surface area contributed by atoms with Crippen molar-refractivity contribution in [2.75, 3.05) is 23.3 Å². The lowest BCUT2D eigenvalue weighted by Crippen LogP contribution is -2.29. The Morgan fingerprint density at radius 1 is 1.23 bits per heavy atom. The van der Waals surface area contributed by atoms with Gasteiger partial charge in [0.05, 0.1) is 17.8 Å². The van der Waals surface area contributed by atoms with Gasteiger partial charge in [-0.15, -0.1) is 11.3 Å². The van der Waals surface area contributed by atoms with Gasteiger partial charge in [0.25, 0.3) is 5.91 Å². The molecule has 0 unspecified atom stereocenters. The molecule has 9 heteroatoms. The predicted octanol–water partition coefficient (Wildman–Crippen LogP) is 4.38. The highest BCUT2D eigenvalue weighted by atomic mass is 32.1. The zero-order valence-corrected chi connectivity index (χ0v) is 17.9. The van der Waals surface area contributed by atoms with Crippen molar-refractivity contribution < 1.29 is 19.1 Å². The Morgan fingerprint density at radius 3 is 2.71 bits per heavy atom. The number of carboxylic acids is 1. The van der Waals surface area contributed by atoms with Crippen LogP contribution in [0.1, 0.15) is 51.4 Å². The third kappa shape index (κ3) is 4.77. The van der Waals surface area contributed by atoms with Crippen LogP contribution < -0.4 is 10.2 Å². The van der Waals surface area contributed by atoms with Gasteiger partial charge in [0, 0.05) is 30.4 Å². The summed E-state index contributed by atoms with van der Waals surface area (Å²) >= 11 is 1.62. The van der Waals surface area contributed by atoms with Crippen LogP contribution in [0.3, 0.4) is 0 Å². The number of amides is 1. The van der Waals surface area contributed by atoms with Crippen molar-refractivity contribution >= 4 is 34.0 Å². The number of carboxylic acid groups (broad SMARTS) is 1. The third-order valence-electron chi connectivity index (χ3n) is 5.22. The average Bonchev–Trinajstić information content (AvgIpc) is 3.35. The summed E-state index contributed by atoms with van der Waals surface area (Å²) < 4.78 is 15.8. The number of aromatic nitrogens is 2. The van der Waals surface area contributed by atoms with Crippen LogP contribution in [0.25, 0.3) is 0 Å². The zero-order valence-electron chi connectivity index (χ0n) is 17.1. The van der Waals surface area contributed by atoms with E-state index in [0.29, 0.717) is 12.2 Å². The Kier molecular flexibility index (Phi) is 6.03. The minimum absolute atomic E-state index is 0.193. The second-order valence-corrected chi connectivity index (χ2v) is 8.49. The van der Waals surface area contributed by atoms with Crippen molar-refractivity contribution in [3.05, 3.63) is 64.2 Å². The third-order valence-corrected chi connectivity index (χ3v) is 6.17. The molecule has 1 aliphatic heterocycles. The first kappa shape index (κ1) is 21.0. The molecule has 1 saturated heterocycles. The number of anilines is 2. The van der Waals surface area contributed by atoms with Gasteiger partial charge in [-0.25, -0.2) is 14.2 Å². The van der Waals surface area contributed by atoms with E-state index in [-0.39, 0.29) is 5.69 Å². The summed E-state index contributed by atoms with van der Waals surface area (Å²) in [5.74, 6) is -2.65. The van der Waals surface area contributed by atoms with Crippen LogP contribution in [0.5, 0.6) is 0 Å². The van der Waals surface area contributed by atoms with Crippen LogP contribution in [0.15, 0.2) is 35.8 Å². The Hall–Kier alpha value is -3.20. The molecule has 1 aliphatic rings. The maximum atomic E-state index is 13.9. The molecule has 2 aromatic heterocycles. The van der Waals surface area contributed by atoms with Crippen molar-refractivity contribution in [2.45, 2.75) is 32.7 Å². The van der Waals surface area contributed by atoms with Crippen molar-refractivity contribution in [2.24, 2.45) is 0 Å². The van der Waals surface area contributed by atoms with Crippen LogP contribution in [-0.2, 0) is 6.54 Å². The first-order chi connectivity index (χ1) is 14.9. The summed E-state index contributed by atoms with van der Waals surface area (Å²) in [7, 11) is 0. The molecule has 1 aromatic carbocycles. The molecule has 162 valence electrons. The number of piperidine rings is 1. The van der Waals surface area contributed by atoms with Gasteiger partial charge < -0.3 is 19.9 Å². The largest absolute Gasteiger partial charge is 0.478 e. The molecular weight excluding hydrogens is 419 g/mol. The number of thiazole rings is 1. The van der Waals surface area contributed by atoms with Crippen molar-refractivity contribution in [1.82, 2.24) is 9.55 Å². The summed E-state index contributed by atoms with van der Waals surface area (Å²) in [5, 5.41) is 14.6. The molecule has 0 spiro atoms. The Morgan fingerprint density at radius 2 is 2.00 bits per heavy atom. The molecule has 2 N–H and O–H groups in total. The van der Waals surface area contributed by atoms with E-state index in [1.807, 2.05) is 23.1 Å². The fourth-order valence-corrected chi connectivity index (χ4v) is 4.58. The SMILES string of the molecule is Cc1cc(C(=O)Nc2ccc(C(=O)O)c(F)c2)n(Cc2csc(N3CCCCC3)n2)c1. The van der Waals surface area contributed by atoms with Crippen molar-refractivity contribution in [3.8, 4) is 0 Å². The molecule has 3 aromatic rings. The lowest BCUT2D eigenvalue weighted by molar-refractivity contribution is 0.0691. The number of rotatable bonds is 6. The number of nitrogens with one attached hydrogen (secondary N) is 1. The normalized spacial score (nSPS) is 13.9. The number of aryl methyl sites for hydroxylation is 1. The Balaban J connectivity index is 1.49. The molecule has 1 fully saturated rings. The van der Waals surface area contributed by atoms with Gasteiger partial charge in [-0.3, -0.25) is 4.79 Å². The summed E-state index contributed by atoms with van der Waals surface area (Å²) in [5.41, 5.74) is 1.98. The number of nitrogens with zero attached hydrogens (tertiary/aromatic N) is 3. The van der Waals surface area contributed by atoms with Crippen LogP contribution in [0, 0.1) is 12.7 Å². The van der Waals surface area contributed by atoms with E-state index in [4.69, 9.17) is 10.1 Å². The minimum atomic E-state index is -1.35. The van der Waals surface area contributed by atoms with Crippen LogP contribution in [0.2, 0.25) is 0 Å². The van der Waals surface area contributed by atoms with E-state index in [1.54, 1.807) is 17.4 Å². The van der Waals surface area contributed by atoms with Crippen LogP contribution >= 0.6 is 11.3 Å². The number of hydrogen-bond acceptors (Lipinski definition) is 5. The lowest BCUT2D eigenvalue weighted by atomic mass is 10.1. The maximum absolute atomic E-state index is 13.9. The fraction of sp³-hybridized carbons (Fsp3) is 0.318. The number of carbonyl (C=O) groups is 2. The first-order valence-corrected chi connectivity index (χ1v) is 11.0. The second kappa shape index (κ2) is 8.89. The summed E-state index contributed by atoms with van der Waals surface area (Å²) in [6.07, 6.45) is 5.51. The number of carbonyl (C=O) groups excluding carboxylic acids is 1. The maximum Gasteiger partial charge on any atom is 0.338 e. The van der Waals surface area contributed by atoms with E-state index in [2.05, 4.69) is 10.2 Å². The Bertz CT molecular complexity index is 1120. The molecule has 0 bridgehead atoms. The molecule has 0 atom stereocenters. The molecule has 0 aliphatic carbocycles. The number of benzene rings is 1. The van der Waals surface area contributed by atoms with Gasteiger partial charge in [-0.1, -0.05) is 0 Å². The topological polar surface area (TPSA) is 87.5 Å². The zero-order chi connectivity index (χ0) is 22.0. The Labute approximate surface area is 183 Å². The number of halogens is 1. The molecule has 0 radical (unpaired) electrons. The molecule has 3 heterocycles. The van der Waals surface area contributed by atoms with E-state index < -0.39 is 23.3 Å². The van der Waals surface area contributed by atoms with E-state index in [0.717, 1.165) is 41.6 Å². The summed E-state index contributed by atoms with van der Waals surface area (Å²) in [4.78, 5) is 30.8. The average molecular weight is 443 g/mol. The minimum Gasteiger partial charge on any atom is -0.478 e. The lowest BCUT2D eigenvalue weighted by Gasteiger charge is -2.25. The first-order valence-electron chi connectivity index (χ1n) is 10.1. The number of aromatic carboxylic acids is 1. The highest BCUT2D eigenvalue weighted by Crippen LogP contribution is 2.25. The molecule has 4 rings (SSSR count). The standard InChI is InChI=1S/C22H23FN4O3S/c1-14-9-19(20(28)24-15-5-6-17(21(29)30)18(23)10-15)27(11-14)12-16-13-31-22(25-16)26-7-3-2-4-8-26/h5-6,9-11,13H,2-4,7-8,12H2,1H3,(H,24,28)(H,29,30). The highest BCUT2D eigenvalue weighted by Gasteiger charge is 2.18. The van der Waals surface area contributed by atoms with Gasteiger partial charge in [0.1, 0.15) is 11.5 Å². The second-order valence-electron chi connectivity index (χ2n) is 7.65. The van der Waals surface area contributed by atoms with E-state index in [9.17, 15) is 14.0 Å². The molecule has 7 nitrogen and oxygen atoms in total. The monoisotopic (exact) mass is 442 g/mol.